The number of carbonyl (C=O) groups excluding carboxylic acids is 1. The fraction of sp³-hybridized carbons (Fsp3) is 0.417. The quantitative estimate of drug-likeness (QED) is 0.781. The number of hydrogen-bond acceptors (Lipinski definition) is 2. The molecule has 0 saturated carbocycles. The molecule has 0 bridgehead atoms. The van der Waals surface area contributed by atoms with Crippen molar-refractivity contribution >= 4 is 17.4 Å². The smallest absolute Gasteiger partial charge is 0.176 e. The SMILES string of the molecule is CC(C)CNCC(=O)c1ccc(Cl)cc1. The average molecular weight is 226 g/mol. The maximum absolute atomic E-state index is 11.6. The summed E-state index contributed by atoms with van der Waals surface area (Å²) in [6, 6.07) is 6.97. The molecular formula is C12H16ClNO. The van der Waals surface area contributed by atoms with Gasteiger partial charge in [-0.3, -0.25) is 4.79 Å². The van der Waals surface area contributed by atoms with E-state index in [4.69, 9.17) is 11.6 Å². The lowest BCUT2D eigenvalue weighted by atomic mass is 10.1. The summed E-state index contributed by atoms with van der Waals surface area (Å²) in [7, 11) is 0. The van der Waals surface area contributed by atoms with Gasteiger partial charge in [-0.2, -0.15) is 0 Å². The molecule has 82 valence electrons. The molecule has 0 aliphatic heterocycles. The highest BCUT2D eigenvalue weighted by Crippen LogP contribution is 2.09. The van der Waals surface area contributed by atoms with Crippen LogP contribution in [-0.4, -0.2) is 18.9 Å². The largest absolute Gasteiger partial charge is 0.309 e. The van der Waals surface area contributed by atoms with Gasteiger partial charge in [0.1, 0.15) is 0 Å². The molecule has 1 rings (SSSR count). The van der Waals surface area contributed by atoms with Gasteiger partial charge in [0.15, 0.2) is 5.78 Å². The maximum Gasteiger partial charge on any atom is 0.176 e. The van der Waals surface area contributed by atoms with Gasteiger partial charge in [0.05, 0.1) is 6.54 Å². The molecule has 0 atom stereocenters. The summed E-state index contributed by atoms with van der Waals surface area (Å²) in [5, 5.41) is 3.77. The van der Waals surface area contributed by atoms with Crippen LogP contribution in [0.1, 0.15) is 24.2 Å². The number of Topliss-reactive ketones (excluding diaryl/α,β-unsaturated/α-hetero) is 1. The van der Waals surface area contributed by atoms with Gasteiger partial charge >= 0.3 is 0 Å². The van der Waals surface area contributed by atoms with Crippen molar-refractivity contribution in [3.63, 3.8) is 0 Å². The molecule has 0 amide bonds. The fourth-order valence-electron chi connectivity index (χ4n) is 1.21. The van der Waals surface area contributed by atoms with E-state index >= 15 is 0 Å². The van der Waals surface area contributed by atoms with E-state index in [1.165, 1.54) is 0 Å². The monoisotopic (exact) mass is 225 g/mol. The van der Waals surface area contributed by atoms with Crippen molar-refractivity contribution in [2.75, 3.05) is 13.1 Å². The Balaban J connectivity index is 2.43. The number of ketones is 1. The van der Waals surface area contributed by atoms with Crippen molar-refractivity contribution in [1.29, 1.82) is 0 Å². The lowest BCUT2D eigenvalue weighted by molar-refractivity contribution is 0.0990. The molecule has 0 radical (unpaired) electrons. The van der Waals surface area contributed by atoms with Gasteiger partial charge in [-0.05, 0) is 36.7 Å². The zero-order valence-corrected chi connectivity index (χ0v) is 9.84. The minimum absolute atomic E-state index is 0.104. The van der Waals surface area contributed by atoms with Crippen molar-refractivity contribution in [3.05, 3.63) is 34.9 Å². The van der Waals surface area contributed by atoms with E-state index in [9.17, 15) is 4.79 Å². The van der Waals surface area contributed by atoms with Crippen LogP contribution in [0.5, 0.6) is 0 Å². The van der Waals surface area contributed by atoms with Crippen LogP contribution in [0.4, 0.5) is 0 Å². The molecule has 0 unspecified atom stereocenters. The number of halogens is 1. The summed E-state index contributed by atoms with van der Waals surface area (Å²) in [6.45, 7) is 5.47. The molecule has 0 spiro atoms. The van der Waals surface area contributed by atoms with Crippen molar-refractivity contribution in [3.8, 4) is 0 Å². The minimum atomic E-state index is 0.104. The van der Waals surface area contributed by atoms with E-state index in [-0.39, 0.29) is 5.78 Å². The van der Waals surface area contributed by atoms with Crippen LogP contribution in [-0.2, 0) is 0 Å². The van der Waals surface area contributed by atoms with E-state index in [0.29, 0.717) is 23.0 Å². The summed E-state index contributed by atoms with van der Waals surface area (Å²) < 4.78 is 0. The molecule has 0 heterocycles. The Bertz CT molecular complexity index is 319. The predicted octanol–water partition coefficient (Wildman–Crippen LogP) is 2.77. The first-order valence-electron chi connectivity index (χ1n) is 5.09. The Kier molecular flexibility index (Phi) is 4.79. The second-order valence-electron chi connectivity index (χ2n) is 3.95. The molecule has 0 aliphatic rings. The van der Waals surface area contributed by atoms with E-state index in [0.717, 1.165) is 6.54 Å². The van der Waals surface area contributed by atoms with Crippen LogP contribution < -0.4 is 5.32 Å². The molecule has 1 N–H and O–H groups in total. The Morgan fingerprint density at radius 2 is 1.93 bits per heavy atom. The average Bonchev–Trinajstić information content (AvgIpc) is 2.18. The van der Waals surface area contributed by atoms with Gasteiger partial charge < -0.3 is 5.32 Å². The Hall–Kier alpha value is -0.860. The second kappa shape index (κ2) is 5.89. The summed E-state index contributed by atoms with van der Waals surface area (Å²) in [5.74, 6) is 0.662. The molecule has 0 fully saturated rings. The van der Waals surface area contributed by atoms with Crippen LogP contribution in [0.25, 0.3) is 0 Å². The molecular weight excluding hydrogens is 210 g/mol. The molecule has 0 aromatic heterocycles. The summed E-state index contributed by atoms with van der Waals surface area (Å²) in [5.41, 5.74) is 0.704. The van der Waals surface area contributed by atoms with Crippen LogP contribution in [0, 0.1) is 5.92 Å². The summed E-state index contributed by atoms with van der Waals surface area (Å²) >= 11 is 5.74. The van der Waals surface area contributed by atoms with Gasteiger partial charge in [0.25, 0.3) is 0 Å². The van der Waals surface area contributed by atoms with Crippen molar-refractivity contribution in [2.45, 2.75) is 13.8 Å². The molecule has 15 heavy (non-hydrogen) atoms. The number of benzene rings is 1. The Morgan fingerprint density at radius 3 is 2.47 bits per heavy atom. The van der Waals surface area contributed by atoms with Crippen LogP contribution in [0.3, 0.4) is 0 Å². The predicted molar refractivity (Wildman–Crippen MR) is 63.5 cm³/mol. The van der Waals surface area contributed by atoms with Crippen molar-refractivity contribution in [2.24, 2.45) is 5.92 Å². The lowest BCUT2D eigenvalue weighted by Crippen LogP contribution is -2.26. The molecule has 3 heteroatoms. The van der Waals surface area contributed by atoms with Gasteiger partial charge in [0, 0.05) is 10.6 Å². The molecule has 1 aromatic carbocycles. The van der Waals surface area contributed by atoms with Gasteiger partial charge in [-0.15, -0.1) is 0 Å². The van der Waals surface area contributed by atoms with E-state index in [2.05, 4.69) is 19.2 Å². The van der Waals surface area contributed by atoms with E-state index in [1.54, 1.807) is 24.3 Å². The molecule has 2 nitrogen and oxygen atoms in total. The Morgan fingerprint density at radius 1 is 1.33 bits per heavy atom. The standard InChI is InChI=1S/C12H16ClNO/c1-9(2)7-14-8-12(15)10-3-5-11(13)6-4-10/h3-6,9,14H,7-8H2,1-2H3. The van der Waals surface area contributed by atoms with Gasteiger partial charge in [-0.1, -0.05) is 25.4 Å². The molecule has 0 saturated heterocycles. The highest BCUT2D eigenvalue weighted by atomic mass is 35.5. The Labute approximate surface area is 95.6 Å². The highest BCUT2D eigenvalue weighted by Gasteiger charge is 2.04. The van der Waals surface area contributed by atoms with Crippen molar-refractivity contribution in [1.82, 2.24) is 5.32 Å². The molecule has 1 aromatic rings. The third-order valence-electron chi connectivity index (χ3n) is 2.00. The third kappa shape index (κ3) is 4.45. The van der Waals surface area contributed by atoms with Gasteiger partial charge in [0.2, 0.25) is 0 Å². The zero-order chi connectivity index (χ0) is 11.3. The zero-order valence-electron chi connectivity index (χ0n) is 9.09. The van der Waals surface area contributed by atoms with Gasteiger partial charge in [-0.25, -0.2) is 0 Å². The van der Waals surface area contributed by atoms with E-state index in [1.807, 2.05) is 0 Å². The van der Waals surface area contributed by atoms with Crippen LogP contribution >= 0.6 is 11.6 Å². The van der Waals surface area contributed by atoms with Crippen LogP contribution in [0.2, 0.25) is 5.02 Å². The first kappa shape index (κ1) is 12.2. The number of nitrogens with one attached hydrogen (secondary N) is 1. The number of hydrogen-bond donors (Lipinski definition) is 1. The first-order valence-corrected chi connectivity index (χ1v) is 5.47. The first-order chi connectivity index (χ1) is 7.09. The second-order valence-corrected chi connectivity index (χ2v) is 4.39. The molecule has 0 aliphatic carbocycles. The number of rotatable bonds is 5. The van der Waals surface area contributed by atoms with Crippen molar-refractivity contribution < 1.29 is 4.79 Å². The fourth-order valence-corrected chi connectivity index (χ4v) is 1.34. The lowest BCUT2D eigenvalue weighted by Gasteiger charge is -2.06. The number of carbonyl (C=O) groups is 1. The van der Waals surface area contributed by atoms with E-state index < -0.39 is 0 Å². The summed E-state index contributed by atoms with van der Waals surface area (Å²) in [6.07, 6.45) is 0. The topological polar surface area (TPSA) is 29.1 Å². The normalized spacial score (nSPS) is 10.7. The minimum Gasteiger partial charge on any atom is -0.309 e. The summed E-state index contributed by atoms with van der Waals surface area (Å²) in [4.78, 5) is 11.6. The highest BCUT2D eigenvalue weighted by molar-refractivity contribution is 6.30. The third-order valence-corrected chi connectivity index (χ3v) is 2.26. The van der Waals surface area contributed by atoms with Crippen LogP contribution in [0.15, 0.2) is 24.3 Å². The maximum atomic E-state index is 11.6.